The van der Waals surface area contributed by atoms with Gasteiger partial charge in [-0.2, -0.15) is 0 Å². The highest BCUT2D eigenvalue weighted by Crippen LogP contribution is 2.33. The second-order valence-corrected chi connectivity index (χ2v) is 6.40. The van der Waals surface area contributed by atoms with Crippen molar-refractivity contribution in [2.75, 3.05) is 13.9 Å². The summed E-state index contributed by atoms with van der Waals surface area (Å²) in [7, 11) is 1.53. The van der Waals surface area contributed by atoms with Crippen molar-refractivity contribution in [1.82, 2.24) is 0 Å². The molecule has 3 aromatic rings. The van der Waals surface area contributed by atoms with Crippen LogP contribution in [-0.4, -0.2) is 19.9 Å². The SMILES string of the molecule is COc1cc(C(=O)OCc2ccc3c(c2)OCO3)ccc1OCc1ccccc1. The van der Waals surface area contributed by atoms with Crippen LogP contribution in [0.4, 0.5) is 0 Å². The average molecular weight is 392 g/mol. The number of methoxy groups -OCH3 is 1. The van der Waals surface area contributed by atoms with Gasteiger partial charge in [-0.3, -0.25) is 0 Å². The molecule has 0 unspecified atom stereocenters. The molecule has 148 valence electrons. The van der Waals surface area contributed by atoms with Gasteiger partial charge in [0.2, 0.25) is 6.79 Å². The van der Waals surface area contributed by atoms with Crippen LogP contribution in [-0.2, 0) is 18.0 Å². The average Bonchev–Trinajstić information content (AvgIpc) is 3.24. The van der Waals surface area contributed by atoms with E-state index in [0.29, 0.717) is 35.2 Å². The topological polar surface area (TPSA) is 63.2 Å². The molecule has 0 amide bonds. The zero-order chi connectivity index (χ0) is 20.1. The van der Waals surface area contributed by atoms with Crippen LogP contribution in [0.25, 0.3) is 0 Å². The van der Waals surface area contributed by atoms with Crippen molar-refractivity contribution in [3.63, 3.8) is 0 Å². The molecule has 0 bridgehead atoms. The second kappa shape index (κ2) is 8.56. The summed E-state index contributed by atoms with van der Waals surface area (Å²) >= 11 is 0. The van der Waals surface area contributed by atoms with Gasteiger partial charge in [-0.15, -0.1) is 0 Å². The number of benzene rings is 3. The molecule has 1 heterocycles. The third kappa shape index (κ3) is 4.43. The van der Waals surface area contributed by atoms with Crippen molar-refractivity contribution in [3.05, 3.63) is 83.4 Å². The molecule has 0 aromatic heterocycles. The minimum Gasteiger partial charge on any atom is -0.493 e. The van der Waals surface area contributed by atoms with Gasteiger partial charge in [-0.1, -0.05) is 36.4 Å². The molecule has 4 rings (SSSR count). The fraction of sp³-hybridized carbons (Fsp3) is 0.174. The summed E-state index contributed by atoms with van der Waals surface area (Å²) in [6, 6.07) is 20.2. The van der Waals surface area contributed by atoms with E-state index >= 15 is 0 Å². The Labute approximate surface area is 168 Å². The Balaban J connectivity index is 1.39. The Kier molecular flexibility index (Phi) is 5.52. The van der Waals surface area contributed by atoms with E-state index in [1.165, 1.54) is 7.11 Å². The summed E-state index contributed by atoms with van der Waals surface area (Å²) < 4.78 is 27.2. The summed E-state index contributed by atoms with van der Waals surface area (Å²) in [5.41, 5.74) is 2.24. The molecule has 0 radical (unpaired) electrons. The van der Waals surface area contributed by atoms with Crippen molar-refractivity contribution in [3.8, 4) is 23.0 Å². The van der Waals surface area contributed by atoms with Gasteiger partial charge >= 0.3 is 5.97 Å². The van der Waals surface area contributed by atoms with Crippen LogP contribution >= 0.6 is 0 Å². The van der Waals surface area contributed by atoms with E-state index in [1.807, 2.05) is 36.4 Å². The molecule has 6 heteroatoms. The summed E-state index contributed by atoms with van der Waals surface area (Å²) in [6.45, 7) is 0.742. The molecular weight excluding hydrogens is 372 g/mol. The Bertz CT molecular complexity index is 1000. The van der Waals surface area contributed by atoms with Gasteiger partial charge in [0.1, 0.15) is 13.2 Å². The third-order valence-electron chi connectivity index (χ3n) is 4.44. The monoisotopic (exact) mass is 392 g/mol. The maximum atomic E-state index is 12.4. The summed E-state index contributed by atoms with van der Waals surface area (Å²) in [5, 5.41) is 0. The van der Waals surface area contributed by atoms with Crippen LogP contribution in [0.3, 0.4) is 0 Å². The van der Waals surface area contributed by atoms with Crippen LogP contribution in [0, 0.1) is 0 Å². The molecular formula is C23H20O6. The van der Waals surface area contributed by atoms with Crippen molar-refractivity contribution in [2.45, 2.75) is 13.2 Å². The van der Waals surface area contributed by atoms with Crippen molar-refractivity contribution >= 4 is 5.97 Å². The Hall–Kier alpha value is -3.67. The highest BCUT2D eigenvalue weighted by Gasteiger charge is 2.16. The fourth-order valence-electron chi connectivity index (χ4n) is 2.91. The normalized spacial score (nSPS) is 11.8. The van der Waals surface area contributed by atoms with Gasteiger partial charge < -0.3 is 23.7 Å². The lowest BCUT2D eigenvalue weighted by molar-refractivity contribution is 0.0472. The molecule has 0 saturated heterocycles. The first kappa shape index (κ1) is 18.7. The number of carbonyl (C=O) groups excluding carboxylic acids is 1. The molecule has 0 aliphatic carbocycles. The van der Waals surface area contributed by atoms with Gasteiger partial charge in [0.15, 0.2) is 23.0 Å². The Morgan fingerprint density at radius 3 is 2.52 bits per heavy atom. The number of carbonyl (C=O) groups is 1. The maximum absolute atomic E-state index is 12.4. The lowest BCUT2D eigenvalue weighted by Crippen LogP contribution is -2.06. The van der Waals surface area contributed by atoms with Crippen LogP contribution in [0.2, 0.25) is 0 Å². The number of esters is 1. The number of ether oxygens (including phenoxy) is 5. The number of fused-ring (bicyclic) bond motifs is 1. The highest BCUT2D eigenvalue weighted by molar-refractivity contribution is 5.90. The summed E-state index contributed by atoms with van der Waals surface area (Å²) in [5.74, 6) is 1.92. The van der Waals surface area contributed by atoms with E-state index in [4.69, 9.17) is 23.7 Å². The first-order chi connectivity index (χ1) is 14.2. The molecule has 3 aromatic carbocycles. The molecule has 0 fully saturated rings. The zero-order valence-electron chi connectivity index (χ0n) is 15.9. The van der Waals surface area contributed by atoms with Crippen LogP contribution < -0.4 is 18.9 Å². The standard InChI is InChI=1S/C23H20O6/c1-25-21-12-18(8-10-19(21)26-13-16-5-3-2-4-6-16)23(24)27-14-17-7-9-20-22(11-17)29-15-28-20/h2-12H,13-15H2,1H3. The lowest BCUT2D eigenvalue weighted by Gasteiger charge is -2.12. The smallest absolute Gasteiger partial charge is 0.338 e. The first-order valence-corrected chi connectivity index (χ1v) is 9.13. The molecule has 1 aliphatic rings. The van der Waals surface area contributed by atoms with Gasteiger partial charge in [-0.25, -0.2) is 4.79 Å². The van der Waals surface area contributed by atoms with Crippen LogP contribution in [0.5, 0.6) is 23.0 Å². The minimum absolute atomic E-state index is 0.129. The Morgan fingerprint density at radius 1 is 0.862 bits per heavy atom. The molecule has 0 saturated carbocycles. The predicted molar refractivity (Wildman–Crippen MR) is 105 cm³/mol. The first-order valence-electron chi connectivity index (χ1n) is 9.13. The van der Waals surface area contributed by atoms with Crippen molar-refractivity contribution < 1.29 is 28.5 Å². The minimum atomic E-state index is -0.449. The van der Waals surface area contributed by atoms with E-state index in [2.05, 4.69) is 0 Å². The molecule has 1 aliphatic heterocycles. The van der Waals surface area contributed by atoms with Gasteiger partial charge in [0, 0.05) is 0 Å². The van der Waals surface area contributed by atoms with Gasteiger partial charge in [-0.05, 0) is 41.5 Å². The number of hydrogen-bond donors (Lipinski definition) is 0. The number of hydrogen-bond acceptors (Lipinski definition) is 6. The molecule has 0 N–H and O–H groups in total. The van der Waals surface area contributed by atoms with E-state index in [1.54, 1.807) is 30.3 Å². The summed E-state index contributed by atoms with van der Waals surface area (Å²) in [6.07, 6.45) is 0. The molecule has 29 heavy (non-hydrogen) atoms. The highest BCUT2D eigenvalue weighted by atomic mass is 16.7. The van der Waals surface area contributed by atoms with Crippen molar-refractivity contribution in [2.24, 2.45) is 0 Å². The number of rotatable bonds is 7. The van der Waals surface area contributed by atoms with E-state index < -0.39 is 5.97 Å². The molecule has 6 nitrogen and oxygen atoms in total. The molecule has 0 atom stereocenters. The van der Waals surface area contributed by atoms with E-state index in [9.17, 15) is 4.79 Å². The van der Waals surface area contributed by atoms with Crippen LogP contribution in [0.15, 0.2) is 66.7 Å². The fourth-order valence-corrected chi connectivity index (χ4v) is 2.91. The lowest BCUT2D eigenvalue weighted by atomic mass is 10.2. The quantitative estimate of drug-likeness (QED) is 0.557. The largest absolute Gasteiger partial charge is 0.493 e. The van der Waals surface area contributed by atoms with Gasteiger partial charge in [0.25, 0.3) is 0 Å². The molecule has 0 spiro atoms. The second-order valence-electron chi connectivity index (χ2n) is 6.40. The third-order valence-corrected chi connectivity index (χ3v) is 4.44. The zero-order valence-corrected chi connectivity index (χ0v) is 15.9. The van der Waals surface area contributed by atoms with Crippen molar-refractivity contribution in [1.29, 1.82) is 0 Å². The van der Waals surface area contributed by atoms with E-state index in [0.717, 1.165) is 11.1 Å². The van der Waals surface area contributed by atoms with E-state index in [-0.39, 0.29) is 13.4 Å². The van der Waals surface area contributed by atoms with Gasteiger partial charge in [0.05, 0.1) is 12.7 Å². The summed E-state index contributed by atoms with van der Waals surface area (Å²) in [4.78, 5) is 12.4. The van der Waals surface area contributed by atoms with Crippen LogP contribution in [0.1, 0.15) is 21.5 Å². The maximum Gasteiger partial charge on any atom is 0.338 e. The Morgan fingerprint density at radius 2 is 1.69 bits per heavy atom. The predicted octanol–water partition coefficient (Wildman–Crippen LogP) is 4.36.